The molecule has 60 valence electrons. The van der Waals surface area contributed by atoms with Crippen molar-refractivity contribution in [3.63, 3.8) is 0 Å². The van der Waals surface area contributed by atoms with Crippen LogP contribution in [0.2, 0.25) is 5.02 Å². The first-order valence-corrected chi connectivity index (χ1v) is 3.09. The van der Waals surface area contributed by atoms with Crippen molar-refractivity contribution >= 4 is 17.5 Å². The number of hydrogen-bond donors (Lipinski definition) is 1. The fraction of sp³-hybridized carbons (Fsp3) is 0.200. The maximum atomic E-state index is 10.2. The minimum atomic E-state index is -0.593. The highest BCUT2D eigenvalue weighted by Gasteiger charge is 2.06. The van der Waals surface area contributed by atoms with E-state index < -0.39 is 5.91 Å². The summed E-state index contributed by atoms with van der Waals surface area (Å²) in [6.07, 6.45) is 1.19. The molecule has 0 aliphatic carbocycles. The van der Waals surface area contributed by atoms with Gasteiger partial charge in [-0.3, -0.25) is 4.79 Å². The first kappa shape index (κ1) is 7.87. The Labute approximate surface area is 67.0 Å². The van der Waals surface area contributed by atoms with Gasteiger partial charge in [0.1, 0.15) is 11.3 Å². The Kier molecular flexibility index (Phi) is 2.32. The van der Waals surface area contributed by atoms with Gasteiger partial charge in [-0.05, 0) is 5.16 Å². The minimum absolute atomic E-state index is 0.0745. The van der Waals surface area contributed by atoms with Gasteiger partial charge in [0.25, 0.3) is 11.8 Å². The largest absolute Gasteiger partial charge is 0.464 e. The van der Waals surface area contributed by atoms with Crippen LogP contribution in [0.4, 0.5) is 0 Å². The molecule has 1 aromatic rings. The molecule has 0 fully saturated rings. The summed E-state index contributed by atoms with van der Waals surface area (Å²) in [4.78, 5) is 10.2. The topological polar surface area (TPSA) is 78.4 Å². The second-order valence-electron chi connectivity index (χ2n) is 1.72. The van der Waals surface area contributed by atoms with Crippen LogP contribution in [0.15, 0.2) is 10.8 Å². The smallest absolute Gasteiger partial charge is 0.273 e. The predicted molar refractivity (Wildman–Crippen MR) is 36.2 cm³/mol. The molecule has 6 heteroatoms. The highest BCUT2D eigenvalue weighted by atomic mass is 35.5. The average molecular weight is 177 g/mol. The molecule has 0 bridgehead atoms. The lowest BCUT2D eigenvalue weighted by Crippen LogP contribution is -2.20. The van der Waals surface area contributed by atoms with Crippen molar-refractivity contribution in [2.75, 3.05) is 6.61 Å². The SMILES string of the molecule is NC(=O)COc1nocc1Cl. The molecule has 0 aliphatic heterocycles. The molecule has 0 saturated heterocycles. The Morgan fingerprint density at radius 1 is 1.91 bits per heavy atom. The summed E-state index contributed by atoms with van der Waals surface area (Å²) in [5.74, 6) is -0.519. The molecule has 1 heterocycles. The molecule has 0 spiro atoms. The molecule has 0 aliphatic rings. The number of hydrogen-bond acceptors (Lipinski definition) is 4. The van der Waals surface area contributed by atoms with Crippen LogP contribution < -0.4 is 10.5 Å². The highest BCUT2D eigenvalue weighted by molar-refractivity contribution is 6.31. The second kappa shape index (κ2) is 3.25. The van der Waals surface area contributed by atoms with Crippen LogP contribution >= 0.6 is 11.6 Å². The zero-order chi connectivity index (χ0) is 8.27. The predicted octanol–water partition coefficient (Wildman–Crippen LogP) is 0.192. The van der Waals surface area contributed by atoms with Crippen LogP contribution in [0, 0.1) is 0 Å². The maximum Gasteiger partial charge on any atom is 0.273 e. The summed E-state index contributed by atoms with van der Waals surface area (Å²) in [5.41, 5.74) is 4.79. The molecule has 1 rings (SSSR count). The minimum Gasteiger partial charge on any atom is -0.464 e. The molecule has 5 nitrogen and oxygen atoms in total. The molecule has 0 saturated carbocycles. The number of primary amides is 1. The number of carbonyl (C=O) groups excluding carboxylic acids is 1. The van der Waals surface area contributed by atoms with Crippen LogP contribution in [0.1, 0.15) is 0 Å². The van der Waals surface area contributed by atoms with E-state index in [2.05, 4.69) is 9.68 Å². The summed E-state index contributed by atoms with van der Waals surface area (Å²) >= 11 is 5.49. The Hall–Kier alpha value is -1.23. The molecule has 0 atom stereocenters. The van der Waals surface area contributed by atoms with Crippen molar-refractivity contribution in [2.24, 2.45) is 5.73 Å². The molecular formula is C5H5ClN2O3. The van der Waals surface area contributed by atoms with Crippen LogP contribution in [0.5, 0.6) is 5.88 Å². The Morgan fingerprint density at radius 3 is 3.09 bits per heavy atom. The average Bonchev–Trinajstić information content (AvgIpc) is 2.31. The number of aromatic nitrogens is 1. The third-order valence-corrected chi connectivity index (χ3v) is 1.10. The van der Waals surface area contributed by atoms with Crippen LogP contribution in [0.3, 0.4) is 0 Å². The standard InChI is InChI=1S/C5H5ClN2O3/c6-3-1-11-8-5(3)10-2-4(7)9/h1H,2H2,(H2,7,9). The normalized spacial score (nSPS) is 9.55. The lowest BCUT2D eigenvalue weighted by atomic mass is 10.6. The Balaban J connectivity index is 2.51. The van der Waals surface area contributed by atoms with E-state index in [0.29, 0.717) is 0 Å². The maximum absolute atomic E-state index is 10.2. The fourth-order valence-electron chi connectivity index (χ4n) is 0.449. The van der Waals surface area contributed by atoms with E-state index in [1.807, 2.05) is 0 Å². The van der Waals surface area contributed by atoms with Gasteiger partial charge in [-0.25, -0.2) is 0 Å². The van der Waals surface area contributed by atoms with Crippen LogP contribution in [-0.2, 0) is 4.79 Å². The zero-order valence-corrected chi connectivity index (χ0v) is 6.17. The van der Waals surface area contributed by atoms with Gasteiger partial charge in [-0.15, -0.1) is 0 Å². The van der Waals surface area contributed by atoms with Gasteiger partial charge in [-0.2, -0.15) is 0 Å². The Bertz CT molecular complexity index is 260. The molecule has 1 amide bonds. The number of halogens is 1. The first-order chi connectivity index (χ1) is 5.20. The quantitative estimate of drug-likeness (QED) is 0.713. The van der Waals surface area contributed by atoms with E-state index in [1.54, 1.807) is 0 Å². The van der Waals surface area contributed by atoms with E-state index >= 15 is 0 Å². The van der Waals surface area contributed by atoms with E-state index in [9.17, 15) is 4.79 Å². The summed E-state index contributed by atoms with van der Waals surface area (Å²) in [6, 6.07) is 0. The molecule has 1 aromatic heterocycles. The second-order valence-corrected chi connectivity index (χ2v) is 2.13. The molecular weight excluding hydrogens is 172 g/mol. The molecule has 11 heavy (non-hydrogen) atoms. The number of ether oxygens (including phenoxy) is 1. The van der Waals surface area contributed by atoms with Gasteiger partial charge in [0.05, 0.1) is 0 Å². The van der Waals surface area contributed by atoms with Gasteiger partial charge < -0.3 is 15.0 Å². The third kappa shape index (κ3) is 2.12. The van der Waals surface area contributed by atoms with Gasteiger partial charge in [0, 0.05) is 0 Å². The van der Waals surface area contributed by atoms with Crippen LogP contribution in [0.25, 0.3) is 0 Å². The third-order valence-electron chi connectivity index (χ3n) is 0.847. The lowest BCUT2D eigenvalue weighted by Gasteiger charge is -1.96. The van der Waals surface area contributed by atoms with E-state index in [1.165, 1.54) is 6.26 Å². The number of amides is 1. The zero-order valence-electron chi connectivity index (χ0n) is 5.41. The van der Waals surface area contributed by atoms with Crippen molar-refractivity contribution < 1.29 is 14.1 Å². The van der Waals surface area contributed by atoms with Gasteiger partial charge in [0.2, 0.25) is 0 Å². The molecule has 0 unspecified atom stereocenters. The number of nitrogens with two attached hydrogens (primary N) is 1. The Morgan fingerprint density at radius 2 is 2.64 bits per heavy atom. The van der Waals surface area contributed by atoms with E-state index in [0.717, 1.165) is 0 Å². The highest BCUT2D eigenvalue weighted by Crippen LogP contribution is 2.20. The summed E-state index contributed by atoms with van der Waals surface area (Å²) < 4.78 is 9.15. The molecule has 2 N–H and O–H groups in total. The number of nitrogens with zero attached hydrogens (tertiary/aromatic N) is 1. The number of carbonyl (C=O) groups is 1. The van der Waals surface area contributed by atoms with Gasteiger partial charge in [0.15, 0.2) is 6.61 Å². The molecule has 0 radical (unpaired) electrons. The van der Waals surface area contributed by atoms with Crippen molar-refractivity contribution in [2.45, 2.75) is 0 Å². The van der Waals surface area contributed by atoms with Crippen molar-refractivity contribution in [1.29, 1.82) is 0 Å². The molecule has 0 aromatic carbocycles. The van der Waals surface area contributed by atoms with E-state index in [-0.39, 0.29) is 17.5 Å². The number of rotatable bonds is 3. The summed E-state index contributed by atoms with van der Waals surface area (Å²) in [6.45, 7) is -0.258. The van der Waals surface area contributed by atoms with Crippen LogP contribution in [-0.4, -0.2) is 17.7 Å². The first-order valence-electron chi connectivity index (χ1n) is 2.71. The van der Waals surface area contributed by atoms with Gasteiger partial charge in [-0.1, -0.05) is 11.6 Å². The van der Waals surface area contributed by atoms with Crippen molar-refractivity contribution in [1.82, 2.24) is 5.16 Å². The lowest BCUT2D eigenvalue weighted by molar-refractivity contribution is -0.120. The van der Waals surface area contributed by atoms with Gasteiger partial charge >= 0.3 is 0 Å². The van der Waals surface area contributed by atoms with Crippen molar-refractivity contribution in [3.8, 4) is 5.88 Å². The van der Waals surface area contributed by atoms with E-state index in [4.69, 9.17) is 22.1 Å². The summed E-state index contributed by atoms with van der Waals surface area (Å²) in [5, 5.41) is 3.56. The summed E-state index contributed by atoms with van der Waals surface area (Å²) in [7, 11) is 0. The van der Waals surface area contributed by atoms with Crippen molar-refractivity contribution in [3.05, 3.63) is 11.3 Å². The monoisotopic (exact) mass is 176 g/mol. The fourth-order valence-corrected chi connectivity index (χ4v) is 0.578.